The minimum Gasteiger partial charge on any atom is -0.497 e. The van der Waals surface area contributed by atoms with Crippen molar-refractivity contribution in [3.63, 3.8) is 0 Å². The second kappa shape index (κ2) is 25.0. The van der Waals surface area contributed by atoms with Crippen LogP contribution >= 0.6 is 0 Å². The summed E-state index contributed by atoms with van der Waals surface area (Å²) in [5, 5.41) is 13.9. The van der Waals surface area contributed by atoms with Crippen molar-refractivity contribution in [1.29, 1.82) is 0 Å². The second-order valence-electron chi connectivity index (χ2n) is 18.5. The van der Waals surface area contributed by atoms with E-state index < -0.39 is 35.5 Å². The molecule has 3 unspecified atom stereocenters. The molecule has 2 saturated heterocycles. The molecule has 9 rings (SSSR count). The van der Waals surface area contributed by atoms with Crippen LogP contribution in [0.1, 0.15) is 50.9 Å². The van der Waals surface area contributed by atoms with Gasteiger partial charge in [-0.1, -0.05) is 133 Å². The fraction of sp³-hybridized carbons (Fsp3) is 0.311. The zero-order valence-electron chi connectivity index (χ0n) is 41.3. The fourth-order valence-corrected chi connectivity index (χ4v) is 9.28. The lowest BCUT2D eigenvalue weighted by atomic mass is 9.80. The molecule has 380 valence electrons. The van der Waals surface area contributed by atoms with Crippen LogP contribution in [-0.4, -0.2) is 75.8 Å². The van der Waals surface area contributed by atoms with Gasteiger partial charge in [-0.3, -0.25) is 0 Å². The van der Waals surface area contributed by atoms with Crippen molar-refractivity contribution < 1.29 is 56.9 Å². The highest BCUT2D eigenvalue weighted by Gasteiger charge is 2.64. The third-order valence-electron chi connectivity index (χ3n) is 13.2. The van der Waals surface area contributed by atoms with Gasteiger partial charge < -0.3 is 52.5 Å². The Bertz CT molecular complexity index is 2690. The lowest BCUT2D eigenvalue weighted by Crippen LogP contribution is -2.72. The Labute approximate surface area is 427 Å². The molecule has 5 atom stereocenters. The van der Waals surface area contributed by atoms with Gasteiger partial charge in [0.2, 0.25) is 5.79 Å². The monoisotopic (exact) mass is 990 g/mol. The minimum absolute atomic E-state index is 0.00934. The summed E-state index contributed by atoms with van der Waals surface area (Å²) in [5.74, 6) is -0.657. The van der Waals surface area contributed by atoms with E-state index in [9.17, 15) is 5.11 Å². The number of aliphatic hydroxyl groups is 1. The molecule has 7 aromatic rings. The Hall–Kier alpha value is -6.45. The Balaban J connectivity index is 1.15. The van der Waals surface area contributed by atoms with Crippen LogP contribution < -0.4 is 14.2 Å². The summed E-state index contributed by atoms with van der Waals surface area (Å²) in [7, 11) is 3.24. The van der Waals surface area contributed by atoms with Gasteiger partial charge in [0.15, 0.2) is 0 Å². The smallest absolute Gasteiger partial charge is 0.223 e. The predicted octanol–water partition coefficient (Wildman–Crippen LogP) is 10.7. The molecule has 2 aliphatic heterocycles. The maximum absolute atomic E-state index is 16.3. The van der Waals surface area contributed by atoms with Crippen molar-refractivity contribution in [2.24, 2.45) is 0 Å². The van der Waals surface area contributed by atoms with Gasteiger partial charge >= 0.3 is 0 Å². The molecular weight excluding hydrogens is 928 g/mol. The number of hydrogen-bond donors (Lipinski definition) is 1. The normalized spacial score (nSPS) is 20.4. The van der Waals surface area contributed by atoms with Crippen LogP contribution in [0.3, 0.4) is 0 Å². The van der Waals surface area contributed by atoms with E-state index >= 15 is 4.39 Å². The Morgan fingerprint density at radius 3 is 1.52 bits per heavy atom. The minimum atomic E-state index is -2.33. The Morgan fingerprint density at radius 2 is 1.01 bits per heavy atom. The first-order chi connectivity index (χ1) is 35.8. The van der Waals surface area contributed by atoms with Gasteiger partial charge in [-0.05, 0) is 87.5 Å². The van der Waals surface area contributed by atoms with Crippen LogP contribution in [0.2, 0.25) is 0 Å². The van der Waals surface area contributed by atoms with Crippen molar-refractivity contribution in [1.82, 2.24) is 0 Å². The molecular formula is C61H63FO11. The third kappa shape index (κ3) is 13.4. The van der Waals surface area contributed by atoms with Gasteiger partial charge in [0.1, 0.15) is 53.1 Å². The van der Waals surface area contributed by atoms with Crippen molar-refractivity contribution in [2.75, 3.05) is 40.6 Å². The molecule has 0 aliphatic carbocycles. The van der Waals surface area contributed by atoms with E-state index in [1.165, 1.54) is 6.07 Å². The zero-order chi connectivity index (χ0) is 50.3. The largest absolute Gasteiger partial charge is 0.497 e. The lowest BCUT2D eigenvalue weighted by Gasteiger charge is -2.55. The number of methoxy groups -OCH3 is 2. The van der Waals surface area contributed by atoms with E-state index in [0.717, 1.165) is 39.8 Å². The fourth-order valence-electron chi connectivity index (χ4n) is 9.28. The lowest BCUT2D eigenvalue weighted by molar-refractivity contribution is -0.414. The maximum Gasteiger partial charge on any atom is 0.223 e. The molecule has 1 N–H and O–H groups in total. The number of rotatable bonds is 24. The number of hydrogen-bond acceptors (Lipinski definition) is 11. The predicted molar refractivity (Wildman–Crippen MR) is 274 cm³/mol. The van der Waals surface area contributed by atoms with Crippen molar-refractivity contribution in [3.05, 3.63) is 232 Å². The molecule has 2 fully saturated rings. The van der Waals surface area contributed by atoms with Crippen molar-refractivity contribution in [2.45, 2.75) is 81.7 Å². The number of halogens is 1. The van der Waals surface area contributed by atoms with Gasteiger partial charge in [-0.2, -0.15) is 0 Å². The molecule has 0 bridgehead atoms. The van der Waals surface area contributed by atoms with Crippen LogP contribution in [0.15, 0.2) is 182 Å². The van der Waals surface area contributed by atoms with Crippen LogP contribution in [0.25, 0.3) is 0 Å². The van der Waals surface area contributed by atoms with E-state index in [1.54, 1.807) is 26.4 Å². The van der Waals surface area contributed by atoms with Crippen LogP contribution in [0, 0.1) is 5.82 Å². The summed E-state index contributed by atoms with van der Waals surface area (Å²) in [4.78, 5) is 0. The molecule has 2 heterocycles. The van der Waals surface area contributed by atoms with Gasteiger partial charge in [-0.15, -0.1) is 0 Å². The quantitative estimate of drug-likeness (QED) is 0.0625. The zero-order valence-corrected chi connectivity index (χ0v) is 41.3. The summed E-state index contributed by atoms with van der Waals surface area (Å²) >= 11 is 0. The van der Waals surface area contributed by atoms with Gasteiger partial charge in [0, 0.05) is 18.4 Å². The molecule has 0 saturated carbocycles. The Kier molecular flexibility index (Phi) is 17.6. The van der Waals surface area contributed by atoms with Crippen molar-refractivity contribution >= 4 is 0 Å². The topological polar surface area (TPSA) is 113 Å². The molecule has 11 nitrogen and oxygen atoms in total. The van der Waals surface area contributed by atoms with E-state index in [4.69, 9.17) is 47.4 Å². The average molecular weight is 991 g/mol. The summed E-state index contributed by atoms with van der Waals surface area (Å²) in [6, 6.07) is 56.6. The highest BCUT2D eigenvalue weighted by atomic mass is 19.1. The second-order valence-corrected chi connectivity index (χ2v) is 18.5. The molecule has 0 spiro atoms. The van der Waals surface area contributed by atoms with Gasteiger partial charge in [-0.25, -0.2) is 4.39 Å². The van der Waals surface area contributed by atoms with E-state index in [1.807, 2.05) is 164 Å². The molecule has 7 aromatic carbocycles. The van der Waals surface area contributed by atoms with Crippen LogP contribution in [0.5, 0.6) is 17.2 Å². The first-order valence-electron chi connectivity index (χ1n) is 24.7. The van der Waals surface area contributed by atoms with Gasteiger partial charge in [0.05, 0.1) is 73.7 Å². The van der Waals surface area contributed by atoms with Gasteiger partial charge in [0.25, 0.3) is 0 Å². The number of benzene rings is 7. The van der Waals surface area contributed by atoms with Crippen LogP contribution in [0.4, 0.5) is 4.39 Å². The third-order valence-corrected chi connectivity index (χ3v) is 13.2. The molecule has 0 amide bonds. The first-order valence-corrected chi connectivity index (χ1v) is 24.7. The van der Waals surface area contributed by atoms with Crippen LogP contribution in [-0.2, 0) is 78.4 Å². The highest BCUT2D eigenvalue weighted by Crippen LogP contribution is 2.47. The number of ether oxygens (including phenoxy) is 10. The molecule has 0 radical (unpaired) electrons. The molecule has 0 aromatic heterocycles. The first kappa shape index (κ1) is 51.5. The Morgan fingerprint density at radius 1 is 0.534 bits per heavy atom. The molecule has 2 aliphatic rings. The van der Waals surface area contributed by atoms with E-state index in [0.29, 0.717) is 36.0 Å². The SMILES string of the molecule is COc1ccc(COCC2(COCc3ccc(OC)cc3)OC(O)(c3ccc(F)c(Cc4ccc(OC5CCOC5)cc4)c3)C(OCc3ccccc3)[C@@H](OCc3ccccc3)[C@@H]2OCc2ccccc2)cc1. The highest BCUT2D eigenvalue weighted by molar-refractivity contribution is 5.37. The average Bonchev–Trinajstić information content (AvgIpc) is 3.95. The summed E-state index contributed by atoms with van der Waals surface area (Å²) < 4.78 is 80.8. The molecule has 73 heavy (non-hydrogen) atoms. The van der Waals surface area contributed by atoms with Crippen molar-refractivity contribution in [3.8, 4) is 17.2 Å². The van der Waals surface area contributed by atoms with E-state index in [-0.39, 0.29) is 64.3 Å². The summed E-state index contributed by atoms with van der Waals surface area (Å²) in [6.45, 7) is 1.59. The standard InChI is InChI=1S/C61H63FO11/c1-64-52-25-20-48(21-26-52)36-67-42-60(43-68-37-49-22-27-53(65-2)28-23-49)58(70-39-46-14-8-4-9-15-46)57(69-38-45-12-6-3-7-13-45)59(71-40-47-16-10-5-11-17-47)61(63,73-60)51-24-31-56(62)50(35-51)34-44-18-29-54(30-19-44)72-55-32-33-66-41-55/h3-31,35,55,57-59,63H,32-34,36-43H2,1-2H3/t55?,57-,58-,59?,61?/m0/s1. The summed E-state index contributed by atoms with van der Waals surface area (Å²) in [6.07, 6.45) is -2.33. The van der Waals surface area contributed by atoms with E-state index in [2.05, 4.69) is 0 Å². The maximum atomic E-state index is 16.3. The molecule has 12 heteroatoms. The summed E-state index contributed by atoms with van der Waals surface area (Å²) in [5.41, 5.74) is 4.17.